The van der Waals surface area contributed by atoms with Crippen molar-refractivity contribution in [3.63, 3.8) is 0 Å². The predicted molar refractivity (Wildman–Crippen MR) is 67.2 cm³/mol. The van der Waals surface area contributed by atoms with E-state index in [0.29, 0.717) is 0 Å². The van der Waals surface area contributed by atoms with Crippen molar-refractivity contribution in [2.24, 2.45) is 0 Å². The molecule has 0 unspecified atom stereocenters. The molecule has 0 aromatic heterocycles. The molecule has 0 fully saturated rings. The van der Waals surface area contributed by atoms with Crippen LogP contribution < -0.4 is 4.18 Å². The van der Waals surface area contributed by atoms with E-state index >= 15 is 0 Å². The highest BCUT2D eigenvalue weighted by atomic mass is 32.3. The molecule has 6 heteroatoms. The van der Waals surface area contributed by atoms with E-state index in [1.54, 1.807) is 24.3 Å². The third-order valence-corrected chi connectivity index (χ3v) is 3.06. The molecule has 0 bridgehead atoms. The van der Waals surface area contributed by atoms with Gasteiger partial charge in [0.2, 0.25) is 0 Å². The number of benzene rings is 2. The Bertz CT molecular complexity index is 641. The molecular formula is C13H11FO4S. The minimum atomic E-state index is -4.22. The first kappa shape index (κ1) is 13.5. The summed E-state index contributed by atoms with van der Waals surface area (Å²) in [5.74, 6) is -0.395. The molecule has 0 atom stereocenters. The van der Waals surface area contributed by atoms with E-state index in [1.165, 1.54) is 30.3 Å². The Hall–Kier alpha value is -1.92. The van der Waals surface area contributed by atoms with Crippen LogP contribution in [0.5, 0.6) is 5.75 Å². The van der Waals surface area contributed by atoms with Crippen molar-refractivity contribution < 1.29 is 21.2 Å². The standard InChI is InChI=1S/C13H11FO4S/c14-13-9-5-4-6-11(13)10-17-19(15,16)18-12-7-2-1-3-8-12/h1-9H,10H2. The van der Waals surface area contributed by atoms with Crippen LogP contribution in [0, 0.1) is 5.82 Å². The van der Waals surface area contributed by atoms with Gasteiger partial charge < -0.3 is 4.18 Å². The van der Waals surface area contributed by atoms with Crippen molar-refractivity contribution in [3.8, 4) is 5.75 Å². The first-order valence-electron chi connectivity index (χ1n) is 5.44. The zero-order valence-corrected chi connectivity index (χ0v) is 10.6. The van der Waals surface area contributed by atoms with Gasteiger partial charge >= 0.3 is 10.4 Å². The number of hydrogen-bond donors (Lipinski definition) is 0. The van der Waals surface area contributed by atoms with E-state index in [-0.39, 0.29) is 11.3 Å². The summed E-state index contributed by atoms with van der Waals surface area (Å²) in [4.78, 5) is 0. The fourth-order valence-electron chi connectivity index (χ4n) is 1.37. The van der Waals surface area contributed by atoms with E-state index in [0.717, 1.165) is 0 Å². The van der Waals surface area contributed by atoms with Crippen molar-refractivity contribution in [3.05, 3.63) is 66.0 Å². The lowest BCUT2D eigenvalue weighted by Gasteiger charge is -2.07. The highest BCUT2D eigenvalue weighted by Gasteiger charge is 2.15. The van der Waals surface area contributed by atoms with Crippen molar-refractivity contribution in [1.29, 1.82) is 0 Å². The Morgan fingerprint density at radius 1 is 0.947 bits per heavy atom. The maximum absolute atomic E-state index is 13.3. The summed E-state index contributed by atoms with van der Waals surface area (Å²) in [5, 5.41) is 0. The van der Waals surface area contributed by atoms with Crippen LogP contribution >= 0.6 is 0 Å². The van der Waals surface area contributed by atoms with Crippen molar-refractivity contribution in [1.82, 2.24) is 0 Å². The van der Waals surface area contributed by atoms with Gasteiger partial charge in [-0.25, -0.2) is 8.57 Å². The van der Waals surface area contributed by atoms with Gasteiger partial charge in [0.05, 0.1) is 6.61 Å². The summed E-state index contributed by atoms with van der Waals surface area (Å²) in [5.41, 5.74) is 0.141. The van der Waals surface area contributed by atoms with Crippen molar-refractivity contribution >= 4 is 10.4 Å². The smallest absolute Gasteiger partial charge is 0.362 e. The lowest BCUT2D eigenvalue weighted by atomic mass is 10.2. The van der Waals surface area contributed by atoms with E-state index in [9.17, 15) is 12.8 Å². The Kier molecular flexibility index (Phi) is 4.13. The maximum atomic E-state index is 13.3. The highest BCUT2D eigenvalue weighted by Crippen LogP contribution is 2.14. The number of para-hydroxylation sites is 1. The zero-order chi connectivity index (χ0) is 13.7. The molecule has 0 N–H and O–H groups in total. The summed E-state index contributed by atoms with van der Waals surface area (Å²) in [6, 6.07) is 13.7. The Balaban J connectivity index is 2.01. The molecular weight excluding hydrogens is 271 g/mol. The minimum Gasteiger partial charge on any atom is -0.362 e. The maximum Gasteiger partial charge on any atom is 0.449 e. The van der Waals surface area contributed by atoms with Crippen LogP contribution in [-0.2, 0) is 21.2 Å². The fourth-order valence-corrected chi connectivity index (χ4v) is 2.04. The largest absolute Gasteiger partial charge is 0.449 e. The van der Waals surface area contributed by atoms with Gasteiger partial charge in [0.15, 0.2) is 0 Å². The molecule has 0 aliphatic carbocycles. The molecule has 19 heavy (non-hydrogen) atoms. The molecule has 2 aromatic carbocycles. The van der Waals surface area contributed by atoms with E-state index in [1.807, 2.05) is 0 Å². The van der Waals surface area contributed by atoms with Gasteiger partial charge in [0.1, 0.15) is 11.6 Å². The van der Waals surface area contributed by atoms with Gasteiger partial charge in [-0.3, -0.25) is 0 Å². The summed E-state index contributed by atoms with van der Waals surface area (Å²) in [6.45, 7) is -0.415. The van der Waals surface area contributed by atoms with Crippen LogP contribution in [0.3, 0.4) is 0 Å². The van der Waals surface area contributed by atoms with Crippen molar-refractivity contribution in [2.45, 2.75) is 6.61 Å². The molecule has 0 saturated heterocycles. The monoisotopic (exact) mass is 282 g/mol. The second-order valence-electron chi connectivity index (χ2n) is 3.66. The minimum absolute atomic E-state index is 0.135. The third kappa shape index (κ3) is 4.04. The van der Waals surface area contributed by atoms with E-state index in [2.05, 4.69) is 4.18 Å². The first-order valence-corrected chi connectivity index (χ1v) is 6.77. The molecule has 0 aliphatic rings. The summed E-state index contributed by atoms with van der Waals surface area (Å²) >= 11 is 0. The molecule has 2 rings (SSSR count). The summed E-state index contributed by atoms with van der Waals surface area (Å²) < 4.78 is 45.6. The average molecular weight is 282 g/mol. The molecule has 0 aliphatic heterocycles. The second-order valence-corrected chi connectivity index (χ2v) is 4.88. The van der Waals surface area contributed by atoms with E-state index in [4.69, 9.17) is 4.18 Å². The van der Waals surface area contributed by atoms with Gasteiger partial charge in [-0.1, -0.05) is 36.4 Å². The van der Waals surface area contributed by atoms with E-state index < -0.39 is 22.8 Å². The molecule has 0 radical (unpaired) electrons. The average Bonchev–Trinajstić information content (AvgIpc) is 2.38. The Labute approximate surface area is 110 Å². The molecule has 0 spiro atoms. The van der Waals surface area contributed by atoms with Gasteiger partial charge in [-0.05, 0) is 18.2 Å². The van der Waals surface area contributed by atoms with Crippen LogP contribution in [0.4, 0.5) is 4.39 Å². The SMILES string of the molecule is O=S(=O)(OCc1ccccc1F)Oc1ccccc1. The van der Waals surface area contributed by atoms with Crippen LogP contribution in [0.15, 0.2) is 54.6 Å². The quantitative estimate of drug-likeness (QED) is 0.846. The number of rotatable bonds is 5. The molecule has 0 heterocycles. The van der Waals surface area contributed by atoms with Gasteiger partial charge in [-0.15, -0.1) is 0 Å². The summed E-state index contributed by atoms with van der Waals surface area (Å²) in [7, 11) is -4.22. The lowest BCUT2D eigenvalue weighted by molar-refractivity contribution is 0.260. The van der Waals surface area contributed by atoms with Crippen LogP contribution in [0.2, 0.25) is 0 Å². The molecule has 100 valence electrons. The highest BCUT2D eigenvalue weighted by molar-refractivity contribution is 7.82. The normalized spacial score (nSPS) is 11.2. The van der Waals surface area contributed by atoms with Gasteiger partial charge in [0, 0.05) is 5.56 Å². The van der Waals surface area contributed by atoms with Crippen LogP contribution in [0.1, 0.15) is 5.56 Å². The second kappa shape index (κ2) is 5.81. The fraction of sp³-hybridized carbons (Fsp3) is 0.0769. The third-order valence-electron chi connectivity index (χ3n) is 2.26. The van der Waals surface area contributed by atoms with Crippen molar-refractivity contribution in [2.75, 3.05) is 0 Å². The summed E-state index contributed by atoms with van der Waals surface area (Å²) in [6.07, 6.45) is 0. The molecule has 0 amide bonds. The Morgan fingerprint density at radius 2 is 1.58 bits per heavy atom. The van der Waals surface area contributed by atoms with Crippen LogP contribution in [0.25, 0.3) is 0 Å². The predicted octanol–water partition coefficient (Wildman–Crippen LogP) is 2.67. The zero-order valence-electron chi connectivity index (χ0n) is 9.82. The first-order chi connectivity index (χ1) is 9.07. The van der Waals surface area contributed by atoms with Gasteiger partial charge in [0.25, 0.3) is 0 Å². The Morgan fingerprint density at radius 3 is 2.26 bits per heavy atom. The topological polar surface area (TPSA) is 52.6 Å². The molecule has 4 nitrogen and oxygen atoms in total. The molecule has 0 saturated carbocycles. The number of halogens is 1. The van der Waals surface area contributed by atoms with Gasteiger partial charge in [-0.2, -0.15) is 8.42 Å². The van der Waals surface area contributed by atoms with Crippen LogP contribution in [-0.4, -0.2) is 8.42 Å². The number of hydrogen-bond acceptors (Lipinski definition) is 4. The molecule has 2 aromatic rings. The lowest BCUT2D eigenvalue weighted by Crippen LogP contribution is -2.13.